The number of rotatable bonds is 7. The van der Waals surface area contributed by atoms with Crippen molar-refractivity contribution in [1.29, 1.82) is 0 Å². The second kappa shape index (κ2) is 10.6. The number of amides is 3. The number of methoxy groups -OCH3 is 1. The number of urea groups is 1. The monoisotopic (exact) mass is 471 g/mol. The van der Waals surface area contributed by atoms with Crippen molar-refractivity contribution in [1.82, 2.24) is 4.90 Å². The van der Waals surface area contributed by atoms with Crippen molar-refractivity contribution in [2.75, 3.05) is 30.4 Å². The Morgan fingerprint density at radius 1 is 0.943 bits per heavy atom. The molecule has 182 valence electrons. The molecule has 3 amide bonds. The first kappa shape index (κ1) is 24.3. The second-order valence-electron chi connectivity index (χ2n) is 9.23. The molecule has 1 N–H and O–H groups in total. The van der Waals surface area contributed by atoms with Gasteiger partial charge in [-0.15, -0.1) is 0 Å². The average molecular weight is 472 g/mol. The number of carbonyl (C=O) groups is 2. The van der Waals surface area contributed by atoms with Crippen molar-refractivity contribution in [3.8, 4) is 5.75 Å². The lowest BCUT2D eigenvalue weighted by Gasteiger charge is -2.37. The van der Waals surface area contributed by atoms with Gasteiger partial charge in [-0.1, -0.05) is 42.0 Å². The number of ether oxygens (including phenoxy) is 1. The van der Waals surface area contributed by atoms with Crippen LogP contribution in [0.5, 0.6) is 5.75 Å². The van der Waals surface area contributed by atoms with E-state index in [1.54, 1.807) is 12.0 Å². The molecule has 3 aromatic rings. The Kier molecular flexibility index (Phi) is 7.39. The van der Waals surface area contributed by atoms with Crippen LogP contribution in [0.4, 0.5) is 16.2 Å². The number of carbonyl (C=O) groups excluding carboxylic acids is 2. The summed E-state index contributed by atoms with van der Waals surface area (Å²) in [5.41, 5.74) is 6.84. The number of aryl methyl sites for hydroxylation is 3. The van der Waals surface area contributed by atoms with Crippen LogP contribution in [0.3, 0.4) is 0 Å². The van der Waals surface area contributed by atoms with Gasteiger partial charge >= 0.3 is 6.03 Å². The minimum absolute atomic E-state index is 0.0355. The molecule has 35 heavy (non-hydrogen) atoms. The Morgan fingerprint density at radius 2 is 1.66 bits per heavy atom. The summed E-state index contributed by atoms with van der Waals surface area (Å²) < 4.78 is 5.19. The zero-order chi connectivity index (χ0) is 24.9. The molecule has 0 bridgehead atoms. The first-order chi connectivity index (χ1) is 16.8. The molecule has 1 fully saturated rings. The third kappa shape index (κ3) is 5.83. The van der Waals surface area contributed by atoms with E-state index in [4.69, 9.17) is 4.74 Å². The zero-order valence-corrected chi connectivity index (χ0v) is 20.9. The SMILES string of the molecule is COc1ccc(CC(=O)Nc2cc(C)ccc2N2CCCN(Cc3cc(C)ccc3C)C2=O)cc1. The van der Waals surface area contributed by atoms with E-state index in [0.29, 0.717) is 25.3 Å². The number of anilines is 2. The third-order valence-corrected chi connectivity index (χ3v) is 6.42. The Morgan fingerprint density at radius 3 is 2.40 bits per heavy atom. The summed E-state index contributed by atoms with van der Waals surface area (Å²) in [5.74, 6) is 0.628. The Hall–Kier alpha value is -3.80. The molecule has 0 aliphatic carbocycles. The highest BCUT2D eigenvalue weighted by molar-refractivity contribution is 6.01. The summed E-state index contributed by atoms with van der Waals surface area (Å²) in [6, 6.07) is 19.6. The highest BCUT2D eigenvalue weighted by atomic mass is 16.5. The molecule has 4 rings (SSSR count). The van der Waals surface area contributed by atoms with E-state index >= 15 is 0 Å². The van der Waals surface area contributed by atoms with Gasteiger partial charge in [-0.2, -0.15) is 0 Å². The zero-order valence-electron chi connectivity index (χ0n) is 20.9. The van der Waals surface area contributed by atoms with E-state index in [2.05, 4.69) is 37.4 Å². The fraction of sp³-hybridized carbons (Fsp3) is 0.310. The van der Waals surface area contributed by atoms with E-state index in [0.717, 1.165) is 34.5 Å². The molecule has 0 saturated carbocycles. The van der Waals surface area contributed by atoms with Crippen molar-refractivity contribution >= 4 is 23.3 Å². The molecule has 0 unspecified atom stereocenters. The molecule has 0 aromatic heterocycles. The summed E-state index contributed by atoms with van der Waals surface area (Å²) in [7, 11) is 1.62. The van der Waals surface area contributed by atoms with Gasteiger partial charge in [0.05, 0.1) is 24.9 Å². The summed E-state index contributed by atoms with van der Waals surface area (Å²) >= 11 is 0. The maximum Gasteiger partial charge on any atom is 0.324 e. The first-order valence-corrected chi connectivity index (χ1v) is 12.0. The third-order valence-electron chi connectivity index (χ3n) is 6.42. The number of hydrogen-bond donors (Lipinski definition) is 1. The van der Waals surface area contributed by atoms with Gasteiger partial charge in [-0.05, 0) is 73.7 Å². The van der Waals surface area contributed by atoms with Gasteiger partial charge in [0.1, 0.15) is 5.75 Å². The summed E-state index contributed by atoms with van der Waals surface area (Å²) in [6.07, 6.45) is 1.10. The standard InChI is InChI=1S/C29H33N3O3/c1-20-6-8-22(3)24(16-20)19-31-14-5-15-32(29(31)34)27-13-7-21(2)17-26(27)30-28(33)18-23-9-11-25(35-4)12-10-23/h6-13,16-17H,5,14-15,18-19H2,1-4H3,(H,30,33). The maximum absolute atomic E-state index is 13.5. The van der Waals surface area contributed by atoms with Gasteiger partial charge in [-0.3, -0.25) is 9.69 Å². The van der Waals surface area contributed by atoms with Crippen LogP contribution in [-0.2, 0) is 17.8 Å². The summed E-state index contributed by atoms with van der Waals surface area (Å²) in [5, 5.41) is 3.04. The van der Waals surface area contributed by atoms with Crippen molar-refractivity contribution in [2.24, 2.45) is 0 Å². The first-order valence-electron chi connectivity index (χ1n) is 12.0. The van der Waals surface area contributed by atoms with Crippen LogP contribution < -0.4 is 15.0 Å². The van der Waals surface area contributed by atoms with Crippen LogP contribution >= 0.6 is 0 Å². The molecule has 0 atom stereocenters. The lowest BCUT2D eigenvalue weighted by Crippen LogP contribution is -2.49. The van der Waals surface area contributed by atoms with Gasteiger partial charge in [0, 0.05) is 19.6 Å². The van der Waals surface area contributed by atoms with Crippen molar-refractivity contribution in [2.45, 2.75) is 40.2 Å². The highest BCUT2D eigenvalue weighted by Gasteiger charge is 2.29. The van der Waals surface area contributed by atoms with E-state index in [1.807, 2.05) is 54.3 Å². The van der Waals surface area contributed by atoms with Crippen LogP contribution in [0.25, 0.3) is 0 Å². The predicted molar refractivity (Wildman–Crippen MR) is 140 cm³/mol. The highest BCUT2D eigenvalue weighted by Crippen LogP contribution is 2.31. The molecule has 0 spiro atoms. The minimum Gasteiger partial charge on any atom is -0.497 e. The molecule has 0 radical (unpaired) electrons. The van der Waals surface area contributed by atoms with Gasteiger partial charge in [-0.25, -0.2) is 4.79 Å². The minimum atomic E-state index is -0.126. The molecule has 1 saturated heterocycles. The molecular weight excluding hydrogens is 438 g/mol. The topological polar surface area (TPSA) is 61.9 Å². The van der Waals surface area contributed by atoms with E-state index in [9.17, 15) is 9.59 Å². The number of benzene rings is 3. The molecular formula is C29H33N3O3. The largest absolute Gasteiger partial charge is 0.497 e. The molecule has 6 heteroatoms. The summed E-state index contributed by atoms with van der Waals surface area (Å²) in [6.45, 7) is 8.04. The van der Waals surface area contributed by atoms with E-state index in [-0.39, 0.29) is 18.4 Å². The summed E-state index contributed by atoms with van der Waals surface area (Å²) in [4.78, 5) is 30.1. The lowest BCUT2D eigenvalue weighted by atomic mass is 10.0. The Bertz CT molecular complexity index is 1220. The maximum atomic E-state index is 13.5. The number of nitrogens with zero attached hydrogens (tertiary/aromatic N) is 2. The average Bonchev–Trinajstić information content (AvgIpc) is 2.83. The van der Waals surface area contributed by atoms with E-state index < -0.39 is 0 Å². The van der Waals surface area contributed by atoms with Crippen LogP contribution in [-0.4, -0.2) is 37.0 Å². The Balaban J connectivity index is 1.52. The van der Waals surface area contributed by atoms with Crippen LogP contribution in [0.15, 0.2) is 60.7 Å². The normalized spacial score (nSPS) is 13.7. The van der Waals surface area contributed by atoms with Crippen LogP contribution in [0, 0.1) is 20.8 Å². The molecule has 6 nitrogen and oxygen atoms in total. The quantitative estimate of drug-likeness (QED) is 0.486. The van der Waals surface area contributed by atoms with E-state index in [1.165, 1.54) is 11.1 Å². The molecule has 1 heterocycles. The van der Waals surface area contributed by atoms with Crippen LogP contribution in [0.1, 0.15) is 34.2 Å². The van der Waals surface area contributed by atoms with Crippen molar-refractivity contribution in [3.05, 3.63) is 88.5 Å². The number of nitrogens with one attached hydrogen (secondary N) is 1. The smallest absolute Gasteiger partial charge is 0.324 e. The van der Waals surface area contributed by atoms with Crippen molar-refractivity contribution in [3.63, 3.8) is 0 Å². The van der Waals surface area contributed by atoms with Gasteiger partial charge in [0.25, 0.3) is 0 Å². The second-order valence-corrected chi connectivity index (χ2v) is 9.23. The Labute approximate surface area is 207 Å². The van der Waals surface area contributed by atoms with Crippen molar-refractivity contribution < 1.29 is 14.3 Å². The molecule has 1 aliphatic heterocycles. The van der Waals surface area contributed by atoms with Gasteiger partial charge in [0.2, 0.25) is 5.91 Å². The fourth-order valence-corrected chi connectivity index (χ4v) is 4.44. The molecule has 3 aromatic carbocycles. The molecule has 1 aliphatic rings. The predicted octanol–water partition coefficient (Wildman–Crippen LogP) is 5.63. The van der Waals surface area contributed by atoms with Gasteiger partial charge in [0.15, 0.2) is 0 Å². The lowest BCUT2D eigenvalue weighted by molar-refractivity contribution is -0.115. The fourth-order valence-electron chi connectivity index (χ4n) is 4.44. The van der Waals surface area contributed by atoms with Crippen LogP contribution in [0.2, 0.25) is 0 Å². The number of hydrogen-bond acceptors (Lipinski definition) is 3. The van der Waals surface area contributed by atoms with Gasteiger partial charge < -0.3 is 15.0 Å².